The molecule has 98 valence electrons. The van der Waals surface area contributed by atoms with Gasteiger partial charge in [-0.25, -0.2) is 13.1 Å². The molecule has 0 aliphatic heterocycles. The first-order chi connectivity index (χ1) is 8.54. The maximum absolute atomic E-state index is 12.1. The summed E-state index contributed by atoms with van der Waals surface area (Å²) in [6.45, 7) is 1.41. The van der Waals surface area contributed by atoms with E-state index in [0.29, 0.717) is 5.69 Å². The third-order valence-corrected chi connectivity index (χ3v) is 4.76. The summed E-state index contributed by atoms with van der Waals surface area (Å²) < 4.78 is 26.7. The van der Waals surface area contributed by atoms with Crippen molar-refractivity contribution in [2.45, 2.75) is 25.0 Å². The van der Waals surface area contributed by atoms with Crippen LogP contribution >= 0.6 is 11.3 Å². The Morgan fingerprint density at radius 1 is 1.56 bits per heavy atom. The van der Waals surface area contributed by atoms with Gasteiger partial charge in [-0.15, -0.1) is 0 Å². The molecular formula is C10H13N3O3S2. The van der Waals surface area contributed by atoms with E-state index in [2.05, 4.69) is 14.9 Å². The van der Waals surface area contributed by atoms with Gasteiger partial charge in [-0.05, 0) is 29.3 Å². The van der Waals surface area contributed by atoms with E-state index >= 15 is 0 Å². The normalized spacial score (nSPS) is 11.9. The van der Waals surface area contributed by atoms with Crippen molar-refractivity contribution in [3.05, 3.63) is 33.8 Å². The highest BCUT2D eigenvalue weighted by molar-refractivity contribution is 7.89. The van der Waals surface area contributed by atoms with Crippen molar-refractivity contribution in [1.82, 2.24) is 14.9 Å². The predicted octanol–water partition coefficient (Wildman–Crippen LogP) is 0.750. The summed E-state index contributed by atoms with van der Waals surface area (Å²) in [7, 11) is -3.67. The Balaban J connectivity index is 2.22. The quantitative estimate of drug-likeness (QED) is 0.756. The summed E-state index contributed by atoms with van der Waals surface area (Å²) in [6.07, 6.45) is 0. The third kappa shape index (κ3) is 2.61. The summed E-state index contributed by atoms with van der Waals surface area (Å²) in [4.78, 5) is 0.0280. The molecule has 3 N–H and O–H groups in total. The molecule has 0 saturated heterocycles. The standard InChI is InChI=1S/C10H13N3O3S2/c1-7-10(9(5-14)13-12-7)18(15,16)11-4-8-2-3-17-6-8/h2-3,6,11,14H,4-5H2,1H3,(H,12,13). The Morgan fingerprint density at radius 2 is 2.33 bits per heavy atom. The van der Waals surface area contributed by atoms with E-state index in [4.69, 9.17) is 5.11 Å². The van der Waals surface area contributed by atoms with E-state index in [0.717, 1.165) is 5.56 Å². The first kappa shape index (κ1) is 13.2. The summed E-state index contributed by atoms with van der Waals surface area (Å²) >= 11 is 1.51. The summed E-state index contributed by atoms with van der Waals surface area (Å²) in [5.74, 6) is 0. The molecule has 0 aliphatic carbocycles. The van der Waals surface area contributed by atoms with Gasteiger partial charge in [-0.3, -0.25) is 5.10 Å². The number of aromatic nitrogens is 2. The number of H-pyrrole nitrogens is 1. The fourth-order valence-corrected chi connectivity index (χ4v) is 3.62. The second kappa shape index (κ2) is 5.19. The Kier molecular flexibility index (Phi) is 3.81. The van der Waals surface area contributed by atoms with Crippen LogP contribution in [0.25, 0.3) is 0 Å². The van der Waals surface area contributed by atoms with Crippen LogP contribution in [0.3, 0.4) is 0 Å². The van der Waals surface area contributed by atoms with Crippen LogP contribution in [0.2, 0.25) is 0 Å². The molecule has 0 atom stereocenters. The van der Waals surface area contributed by atoms with Crippen molar-refractivity contribution in [2.75, 3.05) is 0 Å². The lowest BCUT2D eigenvalue weighted by Gasteiger charge is -2.06. The van der Waals surface area contributed by atoms with Crippen molar-refractivity contribution in [3.8, 4) is 0 Å². The van der Waals surface area contributed by atoms with E-state index in [1.165, 1.54) is 11.3 Å². The SMILES string of the molecule is Cc1[nH]nc(CO)c1S(=O)(=O)NCc1ccsc1. The average molecular weight is 287 g/mol. The van der Waals surface area contributed by atoms with Crippen molar-refractivity contribution in [3.63, 3.8) is 0 Å². The number of aryl methyl sites for hydroxylation is 1. The lowest BCUT2D eigenvalue weighted by molar-refractivity contribution is 0.273. The maximum Gasteiger partial charge on any atom is 0.244 e. The molecule has 2 aromatic heterocycles. The zero-order valence-corrected chi connectivity index (χ0v) is 11.3. The Bertz CT molecular complexity index is 617. The van der Waals surface area contributed by atoms with E-state index in [1.54, 1.807) is 6.92 Å². The van der Waals surface area contributed by atoms with Gasteiger partial charge in [0.1, 0.15) is 10.6 Å². The number of aromatic amines is 1. The summed E-state index contributed by atoms with van der Waals surface area (Å²) in [5.41, 5.74) is 1.44. The number of rotatable bonds is 5. The van der Waals surface area contributed by atoms with Crippen LogP contribution in [0.15, 0.2) is 21.7 Å². The number of nitrogens with one attached hydrogen (secondary N) is 2. The van der Waals surface area contributed by atoms with Crippen molar-refractivity contribution in [1.29, 1.82) is 0 Å². The van der Waals surface area contributed by atoms with Gasteiger partial charge in [0.05, 0.1) is 12.3 Å². The molecule has 0 saturated carbocycles. The zero-order chi connectivity index (χ0) is 13.2. The number of nitrogens with zero attached hydrogens (tertiary/aromatic N) is 1. The molecule has 2 rings (SSSR count). The smallest absolute Gasteiger partial charge is 0.244 e. The van der Waals surface area contributed by atoms with Crippen LogP contribution in [0.4, 0.5) is 0 Å². The topological polar surface area (TPSA) is 95.1 Å². The molecule has 2 heterocycles. The highest BCUT2D eigenvalue weighted by atomic mass is 32.2. The fraction of sp³-hybridized carbons (Fsp3) is 0.300. The highest BCUT2D eigenvalue weighted by Gasteiger charge is 2.23. The van der Waals surface area contributed by atoms with Gasteiger partial charge >= 0.3 is 0 Å². The van der Waals surface area contributed by atoms with Crippen LogP contribution in [-0.4, -0.2) is 23.7 Å². The number of thiophene rings is 1. The van der Waals surface area contributed by atoms with E-state index in [9.17, 15) is 8.42 Å². The molecule has 6 nitrogen and oxygen atoms in total. The summed E-state index contributed by atoms with van der Waals surface area (Å²) in [5, 5.41) is 19.1. The first-order valence-corrected chi connectivity index (χ1v) is 7.62. The minimum absolute atomic E-state index is 0.0280. The van der Waals surface area contributed by atoms with Gasteiger partial charge in [0.25, 0.3) is 0 Å². The first-order valence-electron chi connectivity index (χ1n) is 5.20. The Morgan fingerprint density at radius 3 is 2.94 bits per heavy atom. The van der Waals surface area contributed by atoms with Gasteiger partial charge in [0.15, 0.2) is 0 Å². The lowest BCUT2D eigenvalue weighted by Crippen LogP contribution is -2.24. The monoisotopic (exact) mass is 287 g/mol. The molecule has 0 amide bonds. The van der Waals surface area contributed by atoms with Gasteiger partial charge in [-0.2, -0.15) is 16.4 Å². The Labute approximate surface area is 109 Å². The fourth-order valence-electron chi connectivity index (χ4n) is 1.58. The molecular weight excluding hydrogens is 274 g/mol. The number of hydrogen-bond donors (Lipinski definition) is 3. The second-order valence-electron chi connectivity index (χ2n) is 3.74. The van der Waals surface area contributed by atoms with Crippen LogP contribution in [-0.2, 0) is 23.2 Å². The molecule has 0 fully saturated rings. The van der Waals surface area contributed by atoms with E-state index < -0.39 is 16.6 Å². The van der Waals surface area contributed by atoms with E-state index in [-0.39, 0.29) is 17.1 Å². The second-order valence-corrected chi connectivity index (χ2v) is 6.22. The van der Waals surface area contributed by atoms with Gasteiger partial charge in [0.2, 0.25) is 10.0 Å². The molecule has 0 unspecified atom stereocenters. The molecule has 0 aromatic carbocycles. The van der Waals surface area contributed by atoms with Crippen LogP contribution in [0.5, 0.6) is 0 Å². The van der Waals surface area contributed by atoms with Crippen molar-refractivity contribution in [2.24, 2.45) is 0 Å². The highest BCUT2D eigenvalue weighted by Crippen LogP contribution is 2.18. The molecule has 0 radical (unpaired) electrons. The van der Waals surface area contributed by atoms with Crippen LogP contribution in [0.1, 0.15) is 17.0 Å². The minimum atomic E-state index is -3.67. The van der Waals surface area contributed by atoms with Crippen molar-refractivity contribution >= 4 is 21.4 Å². The number of hydrogen-bond acceptors (Lipinski definition) is 5. The lowest BCUT2D eigenvalue weighted by atomic mass is 10.4. The minimum Gasteiger partial charge on any atom is -0.390 e. The van der Waals surface area contributed by atoms with Crippen LogP contribution in [0, 0.1) is 6.92 Å². The van der Waals surface area contributed by atoms with Gasteiger partial charge in [0, 0.05) is 6.54 Å². The molecule has 0 aliphatic rings. The third-order valence-electron chi connectivity index (χ3n) is 2.43. The van der Waals surface area contributed by atoms with Gasteiger partial charge in [-0.1, -0.05) is 0 Å². The maximum atomic E-state index is 12.1. The number of aliphatic hydroxyl groups is 1. The average Bonchev–Trinajstić information content (AvgIpc) is 2.95. The molecule has 0 spiro atoms. The van der Waals surface area contributed by atoms with E-state index in [1.807, 2.05) is 16.8 Å². The zero-order valence-electron chi connectivity index (χ0n) is 9.67. The summed E-state index contributed by atoms with van der Waals surface area (Å²) in [6, 6.07) is 1.85. The molecule has 0 bridgehead atoms. The van der Waals surface area contributed by atoms with Crippen molar-refractivity contribution < 1.29 is 13.5 Å². The molecule has 8 heteroatoms. The number of aliphatic hydroxyl groups excluding tert-OH is 1. The largest absolute Gasteiger partial charge is 0.390 e. The Hall–Kier alpha value is -1.22. The molecule has 2 aromatic rings. The van der Waals surface area contributed by atoms with Crippen LogP contribution < -0.4 is 4.72 Å². The predicted molar refractivity (Wildman–Crippen MR) is 67.6 cm³/mol. The number of sulfonamides is 1. The molecule has 18 heavy (non-hydrogen) atoms. The van der Waals surface area contributed by atoms with Gasteiger partial charge < -0.3 is 5.11 Å².